The molecule has 1 N–H and O–H groups in total. The fraction of sp³-hybridized carbons (Fsp3) is 0.263. The van der Waals surface area contributed by atoms with E-state index in [1.165, 1.54) is 0 Å². The summed E-state index contributed by atoms with van der Waals surface area (Å²) in [5.74, 6) is -0.210. The van der Waals surface area contributed by atoms with Crippen LogP contribution in [0.15, 0.2) is 48.5 Å². The Morgan fingerprint density at radius 1 is 0.880 bits per heavy atom. The van der Waals surface area contributed by atoms with Crippen LogP contribution in [0.3, 0.4) is 0 Å². The van der Waals surface area contributed by atoms with Crippen LogP contribution in [0.2, 0.25) is 5.02 Å². The van der Waals surface area contributed by atoms with E-state index in [-0.39, 0.29) is 11.8 Å². The van der Waals surface area contributed by atoms with Crippen LogP contribution >= 0.6 is 11.6 Å². The highest BCUT2D eigenvalue weighted by molar-refractivity contribution is 6.30. The number of hydrogen-bond acceptors (Lipinski definition) is 3. The lowest BCUT2D eigenvalue weighted by atomic mass is 10.1. The lowest BCUT2D eigenvalue weighted by Gasteiger charge is -2.32. The molecular weight excluding hydrogens is 338 g/mol. The molecule has 6 heteroatoms. The number of rotatable bonds is 3. The molecule has 1 saturated heterocycles. The van der Waals surface area contributed by atoms with Gasteiger partial charge in [-0.2, -0.15) is 0 Å². The van der Waals surface area contributed by atoms with Gasteiger partial charge in [-0.05, 0) is 55.6 Å². The first kappa shape index (κ1) is 17.5. The van der Waals surface area contributed by atoms with Crippen molar-refractivity contribution in [2.75, 3.05) is 38.5 Å². The monoisotopic (exact) mass is 357 g/mol. The van der Waals surface area contributed by atoms with Crippen molar-refractivity contribution in [3.63, 3.8) is 0 Å². The minimum absolute atomic E-state index is 0.0118. The van der Waals surface area contributed by atoms with Gasteiger partial charge < -0.3 is 15.1 Å². The zero-order valence-corrected chi connectivity index (χ0v) is 14.8. The van der Waals surface area contributed by atoms with Crippen molar-refractivity contribution >= 4 is 29.1 Å². The lowest BCUT2D eigenvalue weighted by molar-refractivity contribution is 0.0664. The van der Waals surface area contributed by atoms with Crippen LogP contribution < -0.4 is 5.32 Å². The summed E-state index contributed by atoms with van der Waals surface area (Å²) in [6.07, 6.45) is 0. The van der Waals surface area contributed by atoms with Gasteiger partial charge in [0.25, 0.3) is 11.8 Å². The summed E-state index contributed by atoms with van der Waals surface area (Å²) in [7, 11) is 2.05. The molecule has 25 heavy (non-hydrogen) atoms. The summed E-state index contributed by atoms with van der Waals surface area (Å²) in [6, 6.07) is 13.7. The number of anilines is 1. The molecule has 2 aromatic carbocycles. The number of carbonyl (C=O) groups excluding carboxylic acids is 2. The highest BCUT2D eigenvalue weighted by Gasteiger charge is 2.20. The van der Waals surface area contributed by atoms with Gasteiger partial charge in [-0.15, -0.1) is 0 Å². The van der Waals surface area contributed by atoms with Gasteiger partial charge in [-0.1, -0.05) is 11.6 Å². The van der Waals surface area contributed by atoms with Gasteiger partial charge in [0.15, 0.2) is 0 Å². The Morgan fingerprint density at radius 2 is 1.44 bits per heavy atom. The van der Waals surface area contributed by atoms with Gasteiger partial charge in [-0.25, -0.2) is 0 Å². The third kappa shape index (κ3) is 4.38. The first-order valence-corrected chi connectivity index (χ1v) is 8.55. The summed E-state index contributed by atoms with van der Waals surface area (Å²) in [4.78, 5) is 28.8. The van der Waals surface area contributed by atoms with Gasteiger partial charge in [0.2, 0.25) is 0 Å². The summed E-state index contributed by atoms with van der Waals surface area (Å²) < 4.78 is 0. The fourth-order valence-corrected chi connectivity index (χ4v) is 2.82. The minimum Gasteiger partial charge on any atom is -0.336 e. The second kappa shape index (κ2) is 7.68. The Labute approximate surface area is 152 Å². The summed E-state index contributed by atoms with van der Waals surface area (Å²) >= 11 is 5.83. The average molecular weight is 358 g/mol. The van der Waals surface area contributed by atoms with Crippen LogP contribution in [0.1, 0.15) is 20.7 Å². The van der Waals surface area contributed by atoms with Crippen LogP contribution in [0.25, 0.3) is 0 Å². The lowest BCUT2D eigenvalue weighted by Crippen LogP contribution is -2.47. The van der Waals surface area contributed by atoms with Crippen LogP contribution in [0, 0.1) is 0 Å². The first-order chi connectivity index (χ1) is 12.0. The SMILES string of the molecule is CN1CCN(C(=O)c2ccc(C(=O)Nc3ccc(Cl)cc3)cc2)CC1. The van der Waals surface area contributed by atoms with Crippen molar-refractivity contribution < 1.29 is 9.59 Å². The molecule has 1 aliphatic rings. The molecule has 1 fully saturated rings. The van der Waals surface area contributed by atoms with Crippen LogP contribution in [-0.4, -0.2) is 54.8 Å². The van der Waals surface area contributed by atoms with E-state index in [1.807, 2.05) is 4.90 Å². The van der Waals surface area contributed by atoms with Crippen molar-refractivity contribution in [1.82, 2.24) is 9.80 Å². The number of halogens is 1. The zero-order chi connectivity index (χ0) is 17.8. The molecule has 0 saturated carbocycles. The smallest absolute Gasteiger partial charge is 0.255 e. The number of amides is 2. The summed E-state index contributed by atoms with van der Waals surface area (Å²) in [5, 5.41) is 3.42. The van der Waals surface area contributed by atoms with E-state index in [2.05, 4.69) is 17.3 Å². The molecule has 1 aliphatic heterocycles. The number of hydrogen-bond donors (Lipinski definition) is 1. The Hall–Kier alpha value is -2.37. The van der Waals surface area contributed by atoms with Crippen molar-refractivity contribution in [2.45, 2.75) is 0 Å². The maximum atomic E-state index is 12.5. The van der Waals surface area contributed by atoms with Gasteiger partial charge in [0.05, 0.1) is 0 Å². The number of benzene rings is 2. The number of nitrogens with one attached hydrogen (secondary N) is 1. The molecule has 0 atom stereocenters. The number of likely N-dealkylation sites (N-methyl/N-ethyl adjacent to an activating group) is 1. The van der Waals surface area contributed by atoms with Crippen molar-refractivity contribution in [3.05, 3.63) is 64.7 Å². The second-order valence-corrected chi connectivity index (χ2v) is 6.57. The van der Waals surface area contributed by atoms with E-state index < -0.39 is 0 Å². The highest BCUT2D eigenvalue weighted by Crippen LogP contribution is 2.15. The molecular formula is C19H20ClN3O2. The summed E-state index contributed by atoms with van der Waals surface area (Å²) in [6.45, 7) is 3.23. The quantitative estimate of drug-likeness (QED) is 0.918. The van der Waals surface area contributed by atoms with Crippen molar-refractivity contribution in [3.8, 4) is 0 Å². The van der Waals surface area contributed by atoms with Gasteiger partial charge in [0.1, 0.15) is 0 Å². The van der Waals surface area contributed by atoms with E-state index in [1.54, 1.807) is 48.5 Å². The first-order valence-electron chi connectivity index (χ1n) is 8.18. The highest BCUT2D eigenvalue weighted by atomic mass is 35.5. The molecule has 2 aromatic rings. The normalized spacial score (nSPS) is 15.0. The Morgan fingerprint density at radius 3 is 2.04 bits per heavy atom. The molecule has 130 valence electrons. The van der Waals surface area contributed by atoms with Gasteiger partial charge in [0, 0.05) is 48.0 Å². The van der Waals surface area contributed by atoms with E-state index in [9.17, 15) is 9.59 Å². The fourth-order valence-electron chi connectivity index (χ4n) is 2.69. The topological polar surface area (TPSA) is 52.7 Å². The van der Waals surface area contributed by atoms with Crippen molar-refractivity contribution in [2.24, 2.45) is 0 Å². The predicted octanol–water partition coefficient (Wildman–Crippen LogP) is 2.98. The van der Waals surface area contributed by atoms with E-state index in [0.29, 0.717) is 21.8 Å². The Kier molecular flexibility index (Phi) is 5.36. The van der Waals surface area contributed by atoms with Gasteiger partial charge in [-0.3, -0.25) is 9.59 Å². The Bertz CT molecular complexity index is 751. The molecule has 1 heterocycles. The number of piperazine rings is 1. The predicted molar refractivity (Wildman–Crippen MR) is 99.2 cm³/mol. The molecule has 0 unspecified atom stereocenters. The molecule has 5 nitrogen and oxygen atoms in total. The van der Waals surface area contributed by atoms with Crippen LogP contribution in [0.4, 0.5) is 5.69 Å². The second-order valence-electron chi connectivity index (χ2n) is 6.13. The number of carbonyl (C=O) groups is 2. The van der Waals surface area contributed by atoms with Crippen LogP contribution in [0.5, 0.6) is 0 Å². The molecule has 0 spiro atoms. The molecule has 0 radical (unpaired) electrons. The standard InChI is InChI=1S/C19H20ClN3O2/c1-22-10-12-23(13-11-22)19(25)15-4-2-14(3-5-15)18(24)21-17-8-6-16(20)7-9-17/h2-9H,10-13H2,1H3,(H,21,24). The molecule has 3 rings (SSSR count). The average Bonchev–Trinajstić information content (AvgIpc) is 2.64. The molecule has 0 bridgehead atoms. The van der Waals surface area contributed by atoms with Crippen LogP contribution in [-0.2, 0) is 0 Å². The zero-order valence-electron chi connectivity index (χ0n) is 14.0. The molecule has 0 aromatic heterocycles. The third-order valence-electron chi connectivity index (χ3n) is 4.29. The van der Waals surface area contributed by atoms with E-state index in [0.717, 1.165) is 26.2 Å². The third-order valence-corrected chi connectivity index (χ3v) is 4.54. The largest absolute Gasteiger partial charge is 0.336 e. The van der Waals surface area contributed by atoms with E-state index >= 15 is 0 Å². The van der Waals surface area contributed by atoms with Crippen molar-refractivity contribution in [1.29, 1.82) is 0 Å². The minimum atomic E-state index is -0.221. The number of nitrogens with zero attached hydrogens (tertiary/aromatic N) is 2. The molecule has 0 aliphatic carbocycles. The molecule has 2 amide bonds. The summed E-state index contributed by atoms with van der Waals surface area (Å²) in [5.41, 5.74) is 1.78. The van der Waals surface area contributed by atoms with E-state index in [4.69, 9.17) is 11.6 Å². The Balaban J connectivity index is 1.64. The van der Waals surface area contributed by atoms with Gasteiger partial charge >= 0.3 is 0 Å². The maximum absolute atomic E-state index is 12.5. The maximum Gasteiger partial charge on any atom is 0.255 e.